The third kappa shape index (κ3) is 3.83. The lowest BCUT2D eigenvalue weighted by atomic mass is 9.94. The highest BCUT2D eigenvalue weighted by atomic mass is 32.2. The number of alkyl halides is 3. The Kier molecular flexibility index (Phi) is 5.01. The molecule has 0 aromatic heterocycles. The largest absolute Gasteiger partial charge is 0.417 e. The third-order valence-corrected chi connectivity index (χ3v) is 5.18. The molecule has 4 nitrogen and oxygen atoms in total. The topological polar surface area (TPSA) is 48.2 Å². The van der Waals surface area contributed by atoms with Gasteiger partial charge in [-0.3, -0.25) is 0 Å². The molecule has 2 aliphatic heterocycles. The summed E-state index contributed by atoms with van der Waals surface area (Å²) in [5, 5.41) is 16.4. The molecule has 148 valence electrons. The van der Waals surface area contributed by atoms with E-state index in [-0.39, 0.29) is 11.3 Å². The predicted molar refractivity (Wildman–Crippen MR) is 104 cm³/mol. The molecule has 1 N–H and O–H groups in total. The van der Waals surface area contributed by atoms with Gasteiger partial charge in [0.15, 0.2) is 6.23 Å². The Labute approximate surface area is 167 Å². The molecule has 9 heteroatoms. The Morgan fingerprint density at radius 2 is 1.76 bits per heavy atom. The first-order valence-corrected chi connectivity index (χ1v) is 9.26. The van der Waals surface area contributed by atoms with Gasteiger partial charge >= 0.3 is 6.18 Å². The fraction of sp³-hybridized carbons (Fsp3) is 0.100. The van der Waals surface area contributed by atoms with E-state index < -0.39 is 29.3 Å². The lowest BCUT2D eigenvalue weighted by Crippen LogP contribution is -2.29. The molecule has 0 saturated carbocycles. The first-order valence-electron chi connectivity index (χ1n) is 8.45. The molecule has 0 fully saturated rings. The number of benzene rings is 2. The van der Waals surface area contributed by atoms with Crippen LogP contribution in [0.3, 0.4) is 0 Å². The van der Waals surface area contributed by atoms with E-state index in [0.29, 0.717) is 5.04 Å². The van der Waals surface area contributed by atoms with Crippen molar-refractivity contribution in [3.63, 3.8) is 0 Å². The van der Waals surface area contributed by atoms with Gasteiger partial charge in [0.1, 0.15) is 17.2 Å². The maximum absolute atomic E-state index is 14.5. The quantitative estimate of drug-likeness (QED) is 0.705. The van der Waals surface area contributed by atoms with E-state index in [4.69, 9.17) is 0 Å². The highest BCUT2D eigenvalue weighted by molar-refractivity contribution is 8.14. The molecule has 2 aliphatic rings. The first kappa shape index (κ1) is 19.4. The summed E-state index contributed by atoms with van der Waals surface area (Å²) in [6.07, 6.45) is -2.15. The SMILES string of the molecule is OC1N=CN2N=C(Sc3ccccc3)C=CC2=C1c1c(F)cccc1C(F)(F)F. The van der Waals surface area contributed by atoms with Crippen molar-refractivity contribution in [3.05, 3.63) is 83.3 Å². The molecule has 0 spiro atoms. The first-order chi connectivity index (χ1) is 13.8. The van der Waals surface area contributed by atoms with Crippen LogP contribution in [-0.2, 0) is 6.18 Å². The van der Waals surface area contributed by atoms with Gasteiger partial charge in [-0.2, -0.15) is 18.3 Å². The molecule has 2 heterocycles. The average Bonchev–Trinajstić information content (AvgIpc) is 2.68. The molecule has 0 radical (unpaired) electrons. The van der Waals surface area contributed by atoms with Crippen molar-refractivity contribution in [2.24, 2.45) is 10.1 Å². The van der Waals surface area contributed by atoms with E-state index in [9.17, 15) is 22.7 Å². The molecule has 1 atom stereocenters. The zero-order valence-electron chi connectivity index (χ0n) is 14.6. The minimum Gasteiger partial charge on any atom is -0.368 e. The van der Waals surface area contributed by atoms with Crippen molar-refractivity contribution in [3.8, 4) is 0 Å². The predicted octanol–water partition coefficient (Wildman–Crippen LogP) is 4.89. The Morgan fingerprint density at radius 3 is 2.48 bits per heavy atom. The Morgan fingerprint density at radius 1 is 1.00 bits per heavy atom. The number of aliphatic hydroxyl groups is 1. The van der Waals surface area contributed by atoms with Crippen LogP contribution in [0.25, 0.3) is 5.57 Å². The van der Waals surface area contributed by atoms with Gasteiger partial charge in [-0.1, -0.05) is 36.0 Å². The summed E-state index contributed by atoms with van der Waals surface area (Å²) in [5.74, 6) is -1.10. The van der Waals surface area contributed by atoms with Crippen molar-refractivity contribution >= 4 is 28.7 Å². The number of nitrogens with zero attached hydrogens (tertiary/aromatic N) is 3. The number of aliphatic imine (C=N–C) groups is 1. The molecular weight excluding hydrogens is 406 g/mol. The standard InChI is InChI=1S/C20H13F4N3OS/c21-14-8-4-7-13(20(22,23)24)17(14)18-15-9-10-16(26-27(15)11-25-19(18)28)29-12-5-2-1-3-6-12/h1-11,19,28H. The van der Waals surface area contributed by atoms with Crippen LogP contribution in [0.2, 0.25) is 0 Å². The van der Waals surface area contributed by atoms with E-state index >= 15 is 0 Å². The number of thioether (sulfide) groups is 1. The fourth-order valence-corrected chi connectivity index (χ4v) is 3.81. The smallest absolute Gasteiger partial charge is 0.368 e. The number of hydrogen-bond acceptors (Lipinski definition) is 5. The van der Waals surface area contributed by atoms with Gasteiger partial charge in [0, 0.05) is 16.0 Å². The van der Waals surface area contributed by atoms with Gasteiger partial charge in [-0.15, -0.1) is 0 Å². The number of rotatable bonds is 2. The van der Waals surface area contributed by atoms with Crippen LogP contribution < -0.4 is 0 Å². The molecule has 1 unspecified atom stereocenters. The highest BCUT2D eigenvalue weighted by Crippen LogP contribution is 2.41. The third-order valence-electron chi connectivity index (χ3n) is 4.24. The van der Waals surface area contributed by atoms with Gasteiger partial charge in [0.05, 0.1) is 11.3 Å². The molecule has 0 aliphatic carbocycles. The summed E-state index contributed by atoms with van der Waals surface area (Å²) >= 11 is 1.35. The number of allylic oxidation sites excluding steroid dienone is 1. The molecule has 0 amide bonds. The van der Waals surface area contributed by atoms with Crippen molar-refractivity contribution in [1.82, 2.24) is 5.01 Å². The van der Waals surface area contributed by atoms with Crippen LogP contribution in [-0.4, -0.2) is 27.7 Å². The lowest BCUT2D eigenvalue weighted by Gasteiger charge is -2.29. The van der Waals surface area contributed by atoms with Gasteiger partial charge < -0.3 is 5.11 Å². The van der Waals surface area contributed by atoms with Crippen molar-refractivity contribution in [2.45, 2.75) is 17.3 Å². The van der Waals surface area contributed by atoms with Gasteiger partial charge in [0.2, 0.25) is 0 Å². The second-order valence-electron chi connectivity index (χ2n) is 6.13. The van der Waals surface area contributed by atoms with Crippen LogP contribution in [0.15, 0.2) is 81.4 Å². The number of halogens is 4. The Balaban J connectivity index is 1.78. The maximum atomic E-state index is 14.5. The van der Waals surface area contributed by atoms with Gasteiger partial charge in [0.25, 0.3) is 0 Å². The second kappa shape index (κ2) is 7.49. The second-order valence-corrected chi connectivity index (χ2v) is 7.22. The van der Waals surface area contributed by atoms with Crippen molar-refractivity contribution in [1.29, 1.82) is 0 Å². The number of hydrogen-bond donors (Lipinski definition) is 1. The lowest BCUT2D eigenvalue weighted by molar-refractivity contribution is -0.138. The molecular formula is C20H13F4N3OS. The van der Waals surface area contributed by atoms with Gasteiger partial charge in [-0.05, 0) is 36.4 Å². The molecule has 2 aromatic rings. The minimum absolute atomic E-state index is 0.125. The van der Waals surface area contributed by atoms with Crippen LogP contribution in [0, 0.1) is 5.82 Å². The Bertz CT molecular complexity index is 1060. The molecule has 29 heavy (non-hydrogen) atoms. The monoisotopic (exact) mass is 419 g/mol. The van der Waals surface area contributed by atoms with Crippen LogP contribution >= 0.6 is 11.8 Å². The van der Waals surface area contributed by atoms with E-state index in [1.54, 1.807) is 6.08 Å². The van der Waals surface area contributed by atoms with Crippen LogP contribution in [0.5, 0.6) is 0 Å². The molecule has 4 rings (SSSR count). The minimum atomic E-state index is -4.80. The number of aliphatic hydroxyl groups excluding tert-OH is 1. The summed E-state index contributed by atoms with van der Waals surface area (Å²) in [6.45, 7) is 0. The highest BCUT2D eigenvalue weighted by Gasteiger charge is 2.38. The molecule has 0 saturated heterocycles. The molecule has 2 aromatic carbocycles. The van der Waals surface area contributed by atoms with Crippen LogP contribution in [0.1, 0.15) is 11.1 Å². The summed E-state index contributed by atoms with van der Waals surface area (Å²) < 4.78 is 54.9. The van der Waals surface area contributed by atoms with E-state index in [0.717, 1.165) is 23.1 Å². The maximum Gasteiger partial charge on any atom is 0.417 e. The zero-order valence-corrected chi connectivity index (χ0v) is 15.5. The normalized spacial score (nSPS) is 18.7. The molecule has 0 bridgehead atoms. The Hall–Kier alpha value is -2.91. The van der Waals surface area contributed by atoms with E-state index in [2.05, 4.69) is 10.1 Å². The summed E-state index contributed by atoms with van der Waals surface area (Å²) in [7, 11) is 0. The van der Waals surface area contributed by atoms with E-state index in [1.807, 2.05) is 30.3 Å². The number of fused-ring (bicyclic) bond motifs is 1. The summed E-state index contributed by atoms with van der Waals surface area (Å²) in [5.41, 5.74) is -2.08. The van der Waals surface area contributed by atoms with Crippen LogP contribution in [0.4, 0.5) is 17.6 Å². The van der Waals surface area contributed by atoms with E-state index in [1.165, 1.54) is 29.2 Å². The van der Waals surface area contributed by atoms with Crippen molar-refractivity contribution in [2.75, 3.05) is 0 Å². The summed E-state index contributed by atoms with van der Waals surface area (Å²) in [4.78, 5) is 4.71. The summed E-state index contributed by atoms with van der Waals surface area (Å²) in [6, 6.07) is 12.1. The van der Waals surface area contributed by atoms with Gasteiger partial charge in [-0.25, -0.2) is 14.4 Å². The van der Waals surface area contributed by atoms with Crippen molar-refractivity contribution < 1.29 is 22.7 Å². The zero-order chi connectivity index (χ0) is 20.6. The fourth-order valence-electron chi connectivity index (χ4n) is 3.01. The number of hydrazone groups is 1. The average molecular weight is 419 g/mol.